The molecule has 0 saturated carbocycles. The fourth-order valence-electron chi connectivity index (χ4n) is 1.35. The lowest BCUT2D eigenvalue weighted by Gasteiger charge is -2.09. The second kappa shape index (κ2) is 4.64. The maximum absolute atomic E-state index is 11.4. The molecule has 1 aromatic rings. The van der Waals surface area contributed by atoms with Gasteiger partial charge in [-0.3, -0.25) is 0 Å². The third-order valence-corrected chi connectivity index (χ3v) is 2.13. The minimum Gasteiger partial charge on any atom is -0.461 e. The summed E-state index contributed by atoms with van der Waals surface area (Å²) in [4.78, 5) is 11.4. The van der Waals surface area contributed by atoms with Crippen molar-refractivity contribution in [2.75, 3.05) is 6.61 Å². The van der Waals surface area contributed by atoms with Gasteiger partial charge in [0, 0.05) is 11.9 Å². The van der Waals surface area contributed by atoms with Crippen LogP contribution in [0.4, 0.5) is 0 Å². The first-order valence-corrected chi connectivity index (χ1v) is 4.78. The van der Waals surface area contributed by atoms with Gasteiger partial charge in [0.05, 0.1) is 6.61 Å². The molecule has 0 bridgehead atoms. The third kappa shape index (κ3) is 2.18. The van der Waals surface area contributed by atoms with Gasteiger partial charge in [-0.15, -0.1) is 0 Å². The topological polar surface area (TPSA) is 31.2 Å². The number of esters is 1. The van der Waals surface area contributed by atoms with E-state index in [0.717, 1.165) is 11.3 Å². The number of carbonyl (C=O) groups excluding carboxylic acids is 1. The molecule has 15 heavy (non-hydrogen) atoms. The number of ether oxygens (including phenoxy) is 1. The van der Waals surface area contributed by atoms with Crippen LogP contribution < -0.4 is 0 Å². The van der Waals surface area contributed by atoms with Gasteiger partial charge in [-0.1, -0.05) is 13.2 Å². The van der Waals surface area contributed by atoms with Crippen molar-refractivity contribution in [1.29, 1.82) is 0 Å². The predicted octanol–water partition coefficient (Wildman–Crippen LogP) is 2.47. The largest absolute Gasteiger partial charge is 0.461 e. The number of nitrogens with zero attached hydrogens (tertiary/aromatic N) is 1. The van der Waals surface area contributed by atoms with E-state index < -0.39 is 5.97 Å². The van der Waals surface area contributed by atoms with Gasteiger partial charge >= 0.3 is 5.97 Å². The summed E-state index contributed by atoms with van der Waals surface area (Å²) in [5, 5.41) is 0. The van der Waals surface area contributed by atoms with Crippen molar-refractivity contribution in [1.82, 2.24) is 4.57 Å². The number of hydrogen-bond acceptors (Lipinski definition) is 2. The van der Waals surface area contributed by atoms with Gasteiger partial charge in [0.25, 0.3) is 0 Å². The van der Waals surface area contributed by atoms with Crippen LogP contribution in [0, 0.1) is 6.92 Å². The Bertz CT molecular complexity index is 402. The molecule has 0 amide bonds. The quantitative estimate of drug-likeness (QED) is 0.558. The van der Waals surface area contributed by atoms with Crippen LogP contribution in [-0.2, 0) is 9.53 Å². The van der Waals surface area contributed by atoms with Crippen LogP contribution in [0.1, 0.15) is 18.2 Å². The van der Waals surface area contributed by atoms with Crippen molar-refractivity contribution in [2.45, 2.75) is 13.8 Å². The zero-order chi connectivity index (χ0) is 11.4. The summed E-state index contributed by atoms with van der Waals surface area (Å²) < 4.78 is 6.55. The van der Waals surface area contributed by atoms with Gasteiger partial charge < -0.3 is 9.30 Å². The highest BCUT2D eigenvalue weighted by molar-refractivity contribution is 6.09. The van der Waals surface area contributed by atoms with Crippen LogP contribution in [0.3, 0.4) is 0 Å². The molecule has 1 aromatic heterocycles. The summed E-state index contributed by atoms with van der Waals surface area (Å²) >= 11 is 0. The zero-order valence-corrected chi connectivity index (χ0v) is 9.12. The van der Waals surface area contributed by atoms with E-state index in [0.29, 0.717) is 12.3 Å². The van der Waals surface area contributed by atoms with Gasteiger partial charge in [0.15, 0.2) is 0 Å². The summed E-state index contributed by atoms with van der Waals surface area (Å²) in [5.74, 6) is -0.406. The SMILES string of the molecule is C=Cc1c(C)ccn1C(=C)C(=O)OCC. The van der Waals surface area contributed by atoms with E-state index in [-0.39, 0.29) is 0 Å². The van der Waals surface area contributed by atoms with Gasteiger partial charge in [-0.25, -0.2) is 4.79 Å². The van der Waals surface area contributed by atoms with Crippen LogP contribution in [0.25, 0.3) is 11.8 Å². The summed E-state index contributed by atoms with van der Waals surface area (Å²) in [7, 11) is 0. The normalized spacial score (nSPS) is 9.73. The molecule has 1 heterocycles. The van der Waals surface area contributed by atoms with Crippen LogP contribution >= 0.6 is 0 Å². The Morgan fingerprint density at radius 1 is 1.67 bits per heavy atom. The number of carbonyl (C=O) groups is 1. The maximum Gasteiger partial charge on any atom is 0.354 e. The average Bonchev–Trinajstić information content (AvgIpc) is 2.58. The molecule has 3 nitrogen and oxygen atoms in total. The number of rotatable bonds is 4. The number of aryl methyl sites for hydroxylation is 1. The Morgan fingerprint density at radius 3 is 2.87 bits per heavy atom. The highest BCUT2D eigenvalue weighted by Gasteiger charge is 2.12. The van der Waals surface area contributed by atoms with Crippen LogP contribution in [0.2, 0.25) is 0 Å². The first-order chi connectivity index (χ1) is 7.11. The van der Waals surface area contributed by atoms with Crippen LogP contribution in [0.5, 0.6) is 0 Å². The third-order valence-electron chi connectivity index (χ3n) is 2.13. The average molecular weight is 205 g/mol. The van der Waals surface area contributed by atoms with Gasteiger partial charge in [-0.2, -0.15) is 0 Å². The highest BCUT2D eigenvalue weighted by atomic mass is 16.5. The van der Waals surface area contributed by atoms with Crippen LogP contribution in [0.15, 0.2) is 25.4 Å². The first-order valence-electron chi connectivity index (χ1n) is 4.78. The van der Waals surface area contributed by atoms with E-state index in [1.54, 1.807) is 23.8 Å². The molecule has 0 unspecified atom stereocenters. The van der Waals surface area contributed by atoms with E-state index in [4.69, 9.17) is 4.74 Å². The molecule has 1 rings (SSSR count). The van der Waals surface area contributed by atoms with Crippen molar-refractivity contribution >= 4 is 17.7 Å². The second-order valence-electron chi connectivity index (χ2n) is 3.13. The number of hydrogen-bond donors (Lipinski definition) is 0. The highest BCUT2D eigenvalue weighted by Crippen LogP contribution is 2.16. The van der Waals surface area contributed by atoms with Crippen molar-refractivity contribution in [3.63, 3.8) is 0 Å². The minimum absolute atomic E-state index is 0.305. The van der Waals surface area contributed by atoms with Crippen molar-refractivity contribution in [2.24, 2.45) is 0 Å². The fourth-order valence-corrected chi connectivity index (χ4v) is 1.35. The molecule has 0 aromatic carbocycles. The molecular formula is C12H15NO2. The van der Waals surface area contributed by atoms with E-state index in [9.17, 15) is 4.79 Å². The van der Waals surface area contributed by atoms with Gasteiger partial charge in [-0.05, 0) is 31.6 Å². The summed E-state index contributed by atoms with van der Waals surface area (Å²) in [6.07, 6.45) is 3.48. The molecule has 0 fully saturated rings. The lowest BCUT2D eigenvalue weighted by Crippen LogP contribution is -2.11. The smallest absolute Gasteiger partial charge is 0.354 e. The summed E-state index contributed by atoms with van der Waals surface area (Å²) in [5.41, 5.74) is 2.23. The fraction of sp³-hybridized carbons (Fsp3) is 0.250. The summed E-state index contributed by atoms with van der Waals surface area (Å²) in [6.45, 7) is 11.5. The van der Waals surface area contributed by atoms with Crippen molar-refractivity contribution in [3.8, 4) is 0 Å². The van der Waals surface area contributed by atoms with Gasteiger partial charge in [0.2, 0.25) is 0 Å². The standard InChI is InChI=1S/C12H15NO2/c1-5-11-9(3)7-8-13(11)10(4)12(14)15-6-2/h5,7-8H,1,4,6H2,2-3H3. The Morgan fingerprint density at radius 2 is 2.33 bits per heavy atom. The first kappa shape index (κ1) is 11.3. The molecule has 3 heteroatoms. The molecule has 80 valence electrons. The van der Waals surface area contributed by atoms with Crippen LogP contribution in [-0.4, -0.2) is 17.1 Å². The zero-order valence-electron chi connectivity index (χ0n) is 9.12. The van der Waals surface area contributed by atoms with E-state index in [1.165, 1.54) is 0 Å². The summed E-state index contributed by atoms with van der Waals surface area (Å²) in [6, 6.07) is 1.90. The predicted molar refractivity (Wildman–Crippen MR) is 61.2 cm³/mol. The Balaban J connectivity index is 3.01. The minimum atomic E-state index is -0.406. The molecular weight excluding hydrogens is 190 g/mol. The van der Waals surface area contributed by atoms with E-state index in [2.05, 4.69) is 13.2 Å². The van der Waals surface area contributed by atoms with Gasteiger partial charge in [0.1, 0.15) is 5.70 Å². The molecule has 0 spiro atoms. The molecule has 0 aliphatic heterocycles. The van der Waals surface area contributed by atoms with E-state index >= 15 is 0 Å². The maximum atomic E-state index is 11.4. The van der Waals surface area contributed by atoms with Crippen molar-refractivity contribution in [3.05, 3.63) is 36.7 Å². The monoisotopic (exact) mass is 205 g/mol. The lowest BCUT2D eigenvalue weighted by molar-refractivity contribution is -0.136. The Labute approximate surface area is 89.7 Å². The number of aromatic nitrogens is 1. The second-order valence-corrected chi connectivity index (χ2v) is 3.13. The molecule has 0 atom stereocenters. The molecule has 0 aliphatic rings. The molecule has 0 saturated heterocycles. The molecule has 0 N–H and O–H groups in total. The molecule has 0 radical (unpaired) electrons. The Hall–Kier alpha value is -1.77. The lowest BCUT2D eigenvalue weighted by atomic mass is 10.2. The van der Waals surface area contributed by atoms with E-state index in [1.807, 2.05) is 13.0 Å². The Kier molecular flexibility index (Phi) is 3.50. The molecule has 0 aliphatic carbocycles. The van der Waals surface area contributed by atoms with Crippen molar-refractivity contribution < 1.29 is 9.53 Å².